The largest absolute Gasteiger partial charge is 0.484 e. The van der Waals surface area contributed by atoms with Crippen LogP contribution in [0.3, 0.4) is 0 Å². The van der Waals surface area contributed by atoms with E-state index in [1.807, 2.05) is 6.92 Å². The van der Waals surface area contributed by atoms with Crippen LogP contribution in [0.15, 0.2) is 12.1 Å². The summed E-state index contributed by atoms with van der Waals surface area (Å²) in [5, 5.41) is 0.588. The molecule has 1 aromatic carbocycles. The van der Waals surface area contributed by atoms with E-state index in [0.717, 1.165) is 5.56 Å². The molecule has 1 heterocycles. The Balaban J connectivity index is 2.68. The molecule has 0 aromatic heterocycles. The molecule has 3 heteroatoms. The molecule has 0 aliphatic carbocycles. The van der Waals surface area contributed by atoms with Crippen LogP contribution in [0.25, 0.3) is 0 Å². The Hall–Kier alpha value is -1.02. The lowest BCUT2D eigenvalue weighted by atomic mass is 10.1. The van der Waals surface area contributed by atoms with Gasteiger partial charge in [-0.2, -0.15) is 0 Å². The zero-order chi connectivity index (χ0) is 8.72. The zero-order valence-electron chi connectivity index (χ0n) is 6.56. The number of fused-ring (bicyclic) bond motifs is 1. The molecule has 0 amide bonds. The van der Waals surface area contributed by atoms with Crippen LogP contribution in [0, 0.1) is 6.92 Å². The lowest BCUT2D eigenvalue weighted by Gasteiger charge is -2.01. The molecule has 0 saturated heterocycles. The average Bonchev–Trinajstić information content (AvgIpc) is 2.33. The van der Waals surface area contributed by atoms with E-state index in [4.69, 9.17) is 16.3 Å². The Morgan fingerprint density at radius 1 is 1.50 bits per heavy atom. The molecule has 0 fully saturated rings. The minimum atomic E-state index is 0.00981. The summed E-state index contributed by atoms with van der Waals surface area (Å²) in [7, 11) is 0. The molecule has 0 spiro atoms. The van der Waals surface area contributed by atoms with Crippen LogP contribution in [0.2, 0.25) is 5.02 Å². The Labute approximate surface area is 75.1 Å². The van der Waals surface area contributed by atoms with E-state index >= 15 is 0 Å². The first kappa shape index (κ1) is 7.62. The maximum atomic E-state index is 11.2. The minimum absolute atomic E-state index is 0.00981. The SMILES string of the molecule is Cc1cc(Cl)cc2c1OCC2=O. The van der Waals surface area contributed by atoms with Crippen LogP contribution in [0.5, 0.6) is 5.75 Å². The molecular formula is C9H7ClO2. The summed E-state index contributed by atoms with van der Waals surface area (Å²) in [6.45, 7) is 2.03. The Bertz CT molecular complexity index is 358. The van der Waals surface area contributed by atoms with Crippen LogP contribution in [-0.4, -0.2) is 12.4 Å². The molecule has 1 aliphatic rings. The van der Waals surface area contributed by atoms with Gasteiger partial charge < -0.3 is 4.74 Å². The van der Waals surface area contributed by atoms with Crippen LogP contribution in [0.1, 0.15) is 15.9 Å². The molecule has 0 N–H and O–H groups in total. The van der Waals surface area contributed by atoms with Gasteiger partial charge >= 0.3 is 0 Å². The van der Waals surface area contributed by atoms with Gasteiger partial charge in [-0.15, -0.1) is 0 Å². The number of rotatable bonds is 0. The van der Waals surface area contributed by atoms with Gasteiger partial charge in [0.25, 0.3) is 0 Å². The monoisotopic (exact) mass is 182 g/mol. The number of Topliss-reactive ketones (excluding diaryl/α,β-unsaturated/α-hetero) is 1. The Morgan fingerprint density at radius 3 is 3.00 bits per heavy atom. The van der Waals surface area contributed by atoms with Crippen LogP contribution in [-0.2, 0) is 0 Å². The van der Waals surface area contributed by atoms with Gasteiger partial charge in [0.2, 0.25) is 5.78 Å². The number of ketones is 1. The summed E-state index contributed by atoms with van der Waals surface area (Å²) in [6.07, 6.45) is 0. The summed E-state index contributed by atoms with van der Waals surface area (Å²) in [5.41, 5.74) is 1.53. The van der Waals surface area contributed by atoms with Crippen molar-refractivity contribution in [2.75, 3.05) is 6.61 Å². The van der Waals surface area contributed by atoms with Crippen molar-refractivity contribution < 1.29 is 9.53 Å². The van der Waals surface area contributed by atoms with Crippen LogP contribution >= 0.6 is 11.6 Å². The average molecular weight is 183 g/mol. The maximum absolute atomic E-state index is 11.2. The van der Waals surface area contributed by atoms with E-state index < -0.39 is 0 Å². The molecule has 12 heavy (non-hydrogen) atoms. The number of halogens is 1. The highest BCUT2D eigenvalue weighted by atomic mass is 35.5. The van der Waals surface area contributed by atoms with E-state index in [9.17, 15) is 4.79 Å². The molecule has 1 aliphatic heterocycles. The number of hydrogen-bond donors (Lipinski definition) is 0. The number of aryl methyl sites for hydroxylation is 1. The highest BCUT2D eigenvalue weighted by Gasteiger charge is 2.22. The highest BCUT2D eigenvalue weighted by Crippen LogP contribution is 2.31. The molecule has 0 radical (unpaired) electrons. The summed E-state index contributed by atoms with van der Waals surface area (Å²) in [6, 6.07) is 3.44. The van der Waals surface area contributed by atoms with Crippen molar-refractivity contribution in [3.63, 3.8) is 0 Å². The van der Waals surface area contributed by atoms with Gasteiger partial charge in [-0.3, -0.25) is 4.79 Å². The standard InChI is InChI=1S/C9H7ClO2/c1-5-2-6(10)3-7-8(11)4-12-9(5)7/h2-3H,4H2,1H3. The number of ether oxygens (including phenoxy) is 1. The molecule has 0 bridgehead atoms. The predicted molar refractivity (Wildman–Crippen MR) is 46.0 cm³/mol. The molecular weight excluding hydrogens is 176 g/mol. The normalized spacial score (nSPS) is 14.3. The van der Waals surface area contributed by atoms with E-state index in [1.165, 1.54) is 0 Å². The molecule has 0 unspecified atom stereocenters. The molecule has 62 valence electrons. The first-order valence-electron chi connectivity index (χ1n) is 3.64. The zero-order valence-corrected chi connectivity index (χ0v) is 7.31. The summed E-state index contributed by atoms with van der Waals surface area (Å²) in [4.78, 5) is 11.2. The second kappa shape index (κ2) is 2.49. The first-order chi connectivity index (χ1) is 5.68. The van der Waals surface area contributed by atoms with E-state index in [0.29, 0.717) is 16.3 Å². The highest BCUT2D eigenvalue weighted by molar-refractivity contribution is 6.31. The Kier molecular flexibility index (Phi) is 1.58. The number of benzene rings is 1. The van der Waals surface area contributed by atoms with Crippen molar-refractivity contribution in [2.24, 2.45) is 0 Å². The molecule has 2 nitrogen and oxygen atoms in total. The third-order valence-electron chi connectivity index (χ3n) is 1.89. The quantitative estimate of drug-likeness (QED) is 0.615. The Morgan fingerprint density at radius 2 is 2.25 bits per heavy atom. The van der Waals surface area contributed by atoms with E-state index in [1.54, 1.807) is 12.1 Å². The van der Waals surface area contributed by atoms with Crippen molar-refractivity contribution in [3.8, 4) is 5.75 Å². The number of hydrogen-bond acceptors (Lipinski definition) is 2. The van der Waals surface area contributed by atoms with Crippen molar-refractivity contribution in [2.45, 2.75) is 6.92 Å². The summed E-state index contributed by atoms with van der Waals surface area (Å²) >= 11 is 5.79. The fourth-order valence-electron chi connectivity index (χ4n) is 1.34. The van der Waals surface area contributed by atoms with E-state index in [2.05, 4.69) is 0 Å². The molecule has 2 rings (SSSR count). The van der Waals surface area contributed by atoms with Gasteiger partial charge in [-0.05, 0) is 24.6 Å². The van der Waals surface area contributed by atoms with Crippen molar-refractivity contribution in [1.29, 1.82) is 0 Å². The second-order valence-corrected chi connectivity index (χ2v) is 3.25. The third kappa shape index (κ3) is 0.994. The predicted octanol–water partition coefficient (Wildman–Crippen LogP) is 2.22. The number of carbonyl (C=O) groups is 1. The first-order valence-corrected chi connectivity index (χ1v) is 4.02. The lowest BCUT2D eigenvalue weighted by molar-refractivity contribution is 0.0961. The maximum Gasteiger partial charge on any atom is 0.203 e. The summed E-state index contributed by atoms with van der Waals surface area (Å²) in [5.74, 6) is 0.694. The van der Waals surface area contributed by atoms with Crippen molar-refractivity contribution in [3.05, 3.63) is 28.3 Å². The topological polar surface area (TPSA) is 26.3 Å². The fraction of sp³-hybridized carbons (Fsp3) is 0.222. The molecule has 1 aromatic rings. The van der Waals surface area contributed by atoms with Gasteiger partial charge in [0, 0.05) is 5.02 Å². The minimum Gasteiger partial charge on any atom is -0.484 e. The van der Waals surface area contributed by atoms with Crippen molar-refractivity contribution >= 4 is 17.4 Å². The van der Waals surface area contributed by atoms with Gasteiger partial charge in [-0.25, -0.2) is 0 Å². The lowest BCUT2D eigenvalue weighted by Crippen LogP contribution is -1.98. The fourth-order valence-corrected chi connectivity index (χ4v) is 1.62. The van der Waals surface area contributed by atoms with E-state index in [-0.39, 0.29) is 12.4 Å². The van der Waals surface area contributed by atoms with Crippen LogP contribution in [0.4, 0.5) is 0 Å². The molecule has 0 saturated carbocycles. The van der Waals surface area contributed by atoms with Gasteiger partial charge in [0.1, 0.15) is 5.75 Å². The smallest absolute Gasteiger partial charge is 0.203 e. The van der Waals surface area contributed by atoms with Crippen molar-refractivity contribution in [1.82, 2.24) is 0 Å². The number of carbonyl (C=O) groups excluding carboxylic acids is 1. The third-order valence-corrected chi connectivity index (χ3v) is 2.11. The van der Waals surface area contributed by atoms with Crippen LogP contribution < -0.4 is 4.74 Å². The van der Waals surface area contributed by atoms with Gasteiger partial charge in [0.15, 0.2) is 6.61 Å². The van der Waals surface area contributed by atoms with Gasteiger partial charge in [0.05, 0.1) is 5.56 Å². The second-order valence-electron chi connectivity index (χ2n) is 2.81. The summed E-state index contributed by atoms with van der Waals surface area (Å²) < 4.78 is 5.19. The van der Waals surface area contributed by atoms with Gasteiger partial charge in [-0.1, -0.05) is 11.6 Å². The molecule has 0 atom stereocenters.